The van der Waals surface area contributed by atoms with Crippen LogP contribution in [0.1, 0.15) is 28.4 Å². The Morgan fingerprint density at radius 3 is 2.21 bits per heavy atom. The third-order valence-corrected chi connectivity index (χ3v) is 5.66. The second kappa shape index (κ2) is 9.03. The zero-order chi connectivity index (χ0) is 20.9. The minimum Gasteiger partial charge on any atom is -0.462 e. The normalized spacial score (nSPS) is 11.2. The number of hydrogen-bond acceptors (Lipinski definition) is 5. The maximum Gasteiger partial charge on any atom is 0.338 e. The lowest BCUT2D eigenvalue weighted by Gasteiger charge is -2.10. The van der Waals surface area contributed by atoms with Gasteiger partial charge in [-0.1, -0.05) is 60.2 Å². The number of aryl methyl sites for hydroxylation is 1. The quantitative estimate of drug-likeness (QED) is 0.415. The van der Waals surface area contributed by atoms with E-state index >= 15 is 0 Å². The summed E-state index contributed by atoms with van der Waals surface area (Å²) in [5.74, 6) is -0.375. The summed E-state index contributed by atoms with van der Waals surface area (Å²) in [6.07, 6.45) is 0. The Bertz CT molecular complexity index is 1080. The lowest BCUT2D eigenvalue weighted by Crippen LogP contribution is -2.07. The molecule has 0 aliphatic carbocycles. The first-order valence-corrected chi connectivity index (χ1v) is 10.6. The molecule has 3 rings (SSSR count). The smallest absolute Gasteiger partial charge is 0.338 e. The number of carbonyl (C=O) groups is 1. The summed E-state index contributed by atoms with van der Waals surface area (Å²) in [5.41, 5.74) is 3.76. The second-order valence-corrected chi connectivity index (χ2v) is 8.11. The fourth-order valence-corrected chi connectivity index (χ4v) is 3.72. The molecule has 150 valence electrons. The molecule has 0 amide bonds. The monoisotopic (exact) mass is 410 g/mol. The van der Waals surface area contributed by atoms with Gasteiger partial charge < -0.3 is 4.74 Å². The van der Waals surface area contributed by atoms with Gasteiger partial charge in [0.25, 0.3) is 10.1 Å². The van der Waals surface area contributed by atoms with Crippen molar-refractivity contribution in [3.8, 4) is 11.1 Å². The Hall–Kier alpha value is -2.96. The molecule has 0 aliphatic heterocycles. The summed E-state index contributed by atoms with van der Waals surface area (Å²) in [6.45, 7) is 3.88. The van der Waals surface area contributed by atoms with E-state index in [0.717, 1.165) is 16.7 Å². The average Bonchev–Trinajstić information content (AvgIpc) is 2.73. The molecule has 5 nitrogen and oxygen atoms in total. The second-order valence-electron chi connectivity index (χ2n) is 6.49. The fraction of sp³-hybridized carbons (Fsp3) is 0.174. The van der Waals surface area contributed by atoms with Gasteiger partial charge in [-0.15, -0.1) is 0 Å². The van der Waals surface area contributed by atoms with Gasteiger partial charge >= 0.3 is 5.97 Å². The maximum atomic E-state index is 12.3. The van der Waals surface area contributed by atoms with Crippen LogP contribution in [0.25, 0.3) is 11.1 Å². The van der Waals surface area contributed by atoms with E-state index in [0.29, 0.717) is 17.7 Å². The SMILES string of the molecule is CCOC(=O)c1ccccc1-c1ccc(COS(=O)(=O)c2ccc(C)cc2)cc1. The van der Waals surface area contributed by atoms with Crippen LogP contribution in [0.3, 0.4) is 0 Å². The van der Waals surface area contributed by atoms with Gasteiger partial charge in [0, 0.05) is 0 Å². The molecule has 0 aromatic heterocycles. The average molecular weight is 410 g/mol. The highest BCUT2D eigenvalue weighted by atomic mass is 32.2. The molecule has 0 N–H and O–H groups in total. The topological polar surface area (TPSA) is 69.7 Å². The molecule has 0 spiro atoms. The molecule has 0 heterocycles. The summed E-state index contributed by atoms with van der Waals surface area (Å²) in [4.78, 5) is 12.3. The van der Waals surface area contributed by atoms with Crippen LogP contribution in [-0.2, 0) is 25.6 Å². The maximum absolute atomic E-state index is 12.3. The first-order valence-electron chi connectivity index (χ1n) is 9.22. The van der Waals surface area contributed by atoms with Crippen LogP contribution < -0.4 is 0 Å². The van der Waals surface area contributed by atoms with Crippen molar-refractivity contribution >= 4 is 16.1 Å². The number of ether oxygens (including phenoxy) is 1. The lowest BCUT2D eigenvalue weighted by molar-refractivity contribution is 0.0527. The zero-order valence-electron chi connectivity index (χ0n) is 16.3. The minimum atomic E-state index is -3.82. The van der Waals surface area contributed by atoms with Crippen molar-refractivity contribution in [2.24, 2.45) is 0 Å². The third-order valence-electron chi connectivity index (χ3n) is 4.38. The number of carbonyl (C=O) groups excluding carboxylic acids is 1. The molecule has 0 fully saturated rings. The molecule has 0 bridgehead atoms. The molecule has 6 heteroatoms. The predicted molar refractivity (Wildman–Crippen MR) is 111 cm³/mol. The Morgan fingerprint density at radius 1 is 0.897 bits per heavy atom. The zero-order valence-corrected chi connectivity index (χ0v) is 17.1. The van der Waals surface area contributed by atoms with Crippen LogP contribution in [0.4, 0.5) is 0 Å². The van der Waals surface area contributed by atoms with Crippen molar-refractivity contribution < 1.29 is 22.1 Å². The van der Waals surface area contributed by atoms with Crippen molar-refractivity contribution in [3.05, 3.63) is 89.5 Å². The fourth-order valence-electron chi connectivity index (χ4n) is 2.82. The Labute approximate surface area is 171 Å². The standard InChI is InChI=1S/C23H22O5S/c1-3-27-23(24)22-7-5-4-6-21(22)19-12-10-18(11-13-19)16-28-29(25,26)20-14-8-17(2)9-15-20/h4-15H,3,16H2,1-2H3. The van der Waals surface area contributed by atoms with Gasteiger partial charge in [-0.05, 0) is 48.7 Å². The Balaban J connectivity index is 1.75. The molecule has 0 atom stereocenters. The summed E-state index contributed by atoms with van der Waals surface area (Å²) < 4.78 is 34.9. The molecular formula is C23H22O5S. The summed E-state index contributed by atoms with van der Waals surface area (Å²) in [6, 6.07) is 20.9. The van der Waals surface area contributed by atoms with Gasteiger partial charge in [0.15, 0.2) is 0 Å². The highest BCUT2D eigenvalue weighted by Gasteiger charge is 2.16. The highest BCUT2D eigenvalue weighted by molar-refractivity contribution is 7.86. The molecule has 0 saturated carbocycles. The van der Waals surface area contributed by atoms with Crippen LogP contribution in [0.15, 0.2) is 77.7 Å². The summed E-state index contributed by atoms with van der Waals surface area (Å²) in [7, 11) is -3.82. The van der Waals surface area contributed by atoms with Crippen molar-refractivity contribution in [1.29, 1.82) is 0 Å². The van der Waals surface area contributed by atoms with Crippen LogP contribution in [-0.4, -0.2) is 21.0 Å². The lowest BCUT2D eigenvalue weighted by atomic mass is 9.99. The van der Waals surface area contributed by atoms with Crippen molar-refractivity contribution in [2.45, 2.75) is 25.3 Å². The van der Waals surface area contributed by atoms with Crippen LogP contribution in [0, 0.1) is 6.92 Å². The first-order chi connectivity index (χ1) is 13.9. The van der Waals surface area contributed by atoms with Gasteiger partial charge in [0.05, 0.1) is 23.7 Å². The Morgan fingerprint density at radius 2 is 1.55 bits per heavy atom. The molecule has 3 aromatic carbocycles. The van der Waals surface area contributed by atoms with Crippen molar-refractivity contribution in [3.63, 3.8) is 0 Å². The molecule has 0 radical (unpaired) electrons. The third kappa shape index (κ3) is 5.10. The predicted octanol–water partition coefficient (Wildman–Crippen LogP) is 4.74. The van der Waals surface area contributed by atoms with Gasteiger partial charge in [0.2, 0.25) is 0 Å². The molecular weight excluding hydrogens is 388 g/mol. The van der Waals surface area contributed by atoms with Gasteiger partial charge in [-0.25, -0.2) is 4.79 Å². The minimum absolute atomic E-state index is 0.0734. The highest BCUT2D eigenvalue weighted by Crippen LogP contribution is 2.25. The first kappa shape index (κ1) is 20.8. The number of hydrogen-bond donors (Lipinski definition) is 0. The van der Waals surface area contributed by atoms with E-state index in [1.807, 2.05) is 31.2 Å². The summed E-state index contributed by atoms with van der Waals surface area (Å²) in [5, 5.41) is 0. The van der Waals surface area contributed by atoms with E-state index in [1.165, 1.54) is 12.1 Å². The van der Waals surface area contributed by atoms with E-state index in [1.54, 1.807) is 43.3 Å². The van der Waals surface area contributed by atoms with Crippen molar-refractivity contribution in [2.75, 3.05) is 6.61 Å². The van der Waals surface area contributed by atoms with Gasteiger partial charge in [-0.2, -0.15) is 8.42 Å². The molecule has 3 aromatic rings. The summed E-state index contributed by atoms with van der Waals surface area (Å²) >= 11 is 0. The van der Waals surface area contributed by atoms with Crippen LogP contribution in [0.5, 0.6) is 0 Å². The molecule has 0 unspecified atom stereocenters. The van der Waals surface area contributed by atoms with Gasteiger partial charge in [-0.3, -0.25) is 4.18 Å². The molecule has 0 saturated heterocycles. The number of benzene rings is 3. The Kier molecular flexibility index (Phi) is 6.46. The van der Waals surface area contributed by atoms with Gasteiger partial charge in [0.1, 0.15) is 0 Å². The molecule has 0 aliphatic rings. The van der Waals surface area contributed by atoms with E-state index < -0.39 is 10.1 Å². The van der Waals surface area contributed by atoms with Crippen LogP contribution >= 0.6 is 0 Å². The number of rotatable bonds is 7. The largest absolute Gasteiger partial charge is 0.462 e. The van der Waals surface area contributed by atoms with E-state index in [9.17, 15) is 13.2 Å². The number of esters is 1. The van der Waals surface area contributed by atoms with Crippen LogP contribution in [0.2, 0.25) is 0 Å². The van der Waals surface area contributed by atoms with Crippen molar-refractivity contribution in [1.82, 2.24) is 0 Å². The van der Waals surface area contributed by atoms with E-state index in [-0.39, 0.29) is 17.5 Å². The van der Waals surface area contributed by atoms with E-state index in [2.05, 4.69) is 0 Å². The van der Waals surface area contributed by atoms with E-state index in [4.69, 9.17) is 8.92 Å². The molecule has 29 heavy (non-hydrogen) atoms.